The molecule has 0 bridgehead atoms. The van der Waals surface area contributed by atoms with Gasteiger partial charge < -0.3 is 9.42 Å². The Hall–Kier alpha value is -3.16. The van der Waals surface area contributed by atoms with Crippen LogP contribution in [0.2, 0.25) is 0 Å². The number of rotatable bonds is 4. The van der Waals surface area contributed by atoms with Crippen molar-refractivity contribution >= 4 is 5.91 Å². The molecule has 8 heteroatoms. The highest BCUT2D eigenvalue weighted by Gasteiger charge is 2.23. The molecule has 150 valence electrons. The van der Waals surface area contributed by atoms with Gasteiger partial charge in [-0.15, -0.1) is 0 Å². The largest absolute Gasteiger partial charge is 0.361 e. The lowest BCUT2D eigenvalue weighted by Crippen LogP contribution is -2.32. The molecule has 1 aliphatic rings. The van der Waals surface area contributed by atoms with Crippen LogP contribution < -0.4 is 0 Å². The van der Waals surface area contributed by atoms with E-state index in [4.69, 9.17) is 4.52 Å². The van der Waals surface area contributed by atoms with Crippen LogP contribution in [0, 0.1) is 19.8 Å². The van der Waals surface area contributed by atoms with Gasteiger partial charge in [0.15, 0.2) is 0 Å². The molecule has 0 saturated carbocycles. The van der Waals surface area contributed by atoms with Gasteiger partial charge in [0.25, 0.3) is 5.91 Å². The van der Waals surface area contributed by atoms with Gasteiger partial charge in [-0.05, 0) is 51.5 Å². The average molecular weight is 392 g/mol. The summed E-state index contributed by atoms with van der Waals surface area (Å²) >= 11 is 0. The van der Waals surface area contributed by atoms with E-state index in [1.165, 1.54) is 6.20 Å². The second-order valence-corrected chi connectivity index (χ2v) is 7.48. The number of amides is 1. The molecule has 0 aliphatic carbocycles. The predicted molar refractivity (Wildman–Crippen MR) is 106 cm³/mol. The molecule has 0 N–H and O–H groups in total. The molecule has 3 aromatic heterocycles. The number of likely N-dealkylation sites (tertiary alicyclic amines) is 1. The first-order valence-corrected chi connectivity index (χ1v) is 9.91. The van der Waals surface area contributed by atoms with Crippen LogP contribution in [0.5, 0.6) is 0 Å². The van der Waals surface area contributed by atoms with E-state index in [0.29, 0.717) is 11.6 Å². The Labute approximate surface area is 169 Å². The fourth-order valence-corrected chi connectivity index (χ4v) is 3.93. The van der Waals surface area contributed by atoms with Crippen LogP contribution in [0.3, 0.4) is 0 Å². The molecule has 0 radical (unpaired) electrons. The van der Waals surface area contributed by atoms with Crippen molar-refractivity contribution in [1.82, 2.24) is 30.0 Å². The maximum atomic E-state index is 12.6. The molecule has 3 aromatic rings. The molecule has 1 amide bonds. The molecule has 1 aliphatic heterocycles. The van der Waals surface area contributed by atoms with Gasteiger partial charge >= 0.3 is 0 Å². The summed E-state index contributed by atoms with van der Waals surface area (Å²) in [5, 5.41) is 4.02. The number of aromatic nitrogens is 5. The van der Waals surface area contributed by atoms with E-state index >= 15 is 0 Å². The van der Waals surface area contributed by atoms with Crippen LogP contribution in [-0.4, -0.2) is 49.0 Å². The molecule has 1 fully saturated rings. The van der Waals surface area contributed by atoms with Crippen molar-refractivity contribution in [3.05, 3.63) is 53.8 Å². The Morgan fingerprint density at radius 1 is 1.17 bits per heavy atom. The van der Waals surface area contributed by atoms with Crippen molar-refractivity contribution in [2.45, 2.75) is 39.5 Å². The third-order valence-electron chi connectivity index (χ3n) is 5.43. The van der Waals surface area contributed by atoms with Crippen LogP contribution in [-0.2, 0) is 6.42 Å². The fraction of sp³-hybridized carbons (Fsp3) is 0.429. The van der Waals surface area contributed by atoms with Crippen LogP contribution in [0.15, 0.2) is 35.5 Å². The number of aryl methyl sites for hydroxylation is 2. The molecule has 4 heterocycles. The molecule has 29 heavy (non-hydrogen) atoms. The Balaban J connectivity index is 1.42. The van der Waals surface area contributed by atoms with Crippen molar-refractivity contribution in [3.8, 4) is 11.3 Å². The molecule has 0 aromatic carbocycles. The van der Waals surface area contributed by atoms with Gasteiger partial charge in [-0.2, -0.15) is 0 Å². The number of carbonyl (C=O) groups excluding carboxylic acids is 1. The summed E-state index contributed by atoms with van der Waals surface area (Å²) in [5.74, 6) is 1.20. The Morgan fingerprint density at radius 3 is 2.83 bits per heavy atom. The minimum atomic E-state index is -0.0403. The minimum absolute atomic E-state index is 0.0403. The first-order valence-electron chi connectivity index (χ1n) is 9.91. The highest BCUT2D eigenvalue weighted by atomic mass is 16.5. The van der Waals surface area contributed by atoms with Crippen molar-refractivity contribution in [1.29, 1.82) is 0 Å². The summed E-state index contributed by atoms with van der Waals surface area (Å²) < 4.78 is 5.27. The molecule has 0 unspecified atom stereocenters. The van der Waals surface area contributed by atoms with Gasteiger partial charge in [0.05, 0.1) is 23.1 Å². The van der Waals surface area contributed by atoms with Crippen LogP contribution >= 0.6 is 0 Å². The number of nitrogens with zero attached hydrogens (tertiary/aromatic N) is 6. The number of carbonyl (C=O) groups is 1. The molecule has 1 atom stereocenters. The zero-order valence-corrected chi connectivity index (χ0v) is 16.7. The zero-order chi connectivity index (χ0) is 20.2. The van der Waals surface area contributed by atoms with Gasteiger partial charge in [-0.3, -0.25) is 9.78 Å². The fourth-order valence-electron chi connectivity index (χ4n) is 3.93. The predicted octanol–water partition coefficient (Wildman–Crippen LogP) is 3.02. The van der Waals surface area contributed by atoms with E-state index in [0.717, 1.165) is 67.2 Å². The maximum absolute atomic E-state index is 12.6. The number of hydrogen-bond acceptors (Lipinski definition) is 7. The van der Waals surface area contributed by atoms with Gasteiger partial charge in [-0.1, -0.05) is 5.16 Å². The van der Waals surface area contributed by atoms with Crippen LogP contribution in [0.25, 0.3) is 11.3 Å². The third-order valence-corrected chi connectivity index (χ3v) is 5.43. The lowest BCUT2D eigenvalue weighted by molar-refractivity contribution is 0.0753. The lowest BCUT2D eigenvalue weighted by atomic mass is 9.94. The normalized spacial score (nSPS) is 17.2. The maximum Gasteiger partial charge on any atom is 0.274 e. The standard InChI is InChI=1S/C21H24N6O2/c1-14-20(15(2)29-26-14)18-11-17(24-13-25-18)10-16-4-3-8-27(9-5-16)21(28)19-12-22-6-7-23-19/h6-7,11-13,16H,3-5,8-10H2,1-2H3/t16-/m0/s1. The van der Waals surface area contributed by atoms with Gasteiger partial charge in [-0.25, -0.2) is 15.0 Å². The van der Waals surface area contributed by atoms with Crippen LogP contribution in [0.1, 0.15) is 46.9 Å². The Morgan fingerprint density at radius 2 is 2.07 bits per heavy atom. The molecule has 1 saturated heterocycles. The molecular weight excluding hydrogens is 368 g/mol. The second kappa shape index (κ2) is 8.46. The van der Waals surface area contributed by atoms with E-state index in [-0.39, 0.29) is 5.91 Å². The average Bonchev–Trinajstić information content (AvgIpc) is 2.93. The van der Waals surface area contributed by atoms with Gasteiger partial charge in [0.2, 0.25) is 0 Å². The monoisotopic (exact) mass is 392 g/mol. The number of hydrogen-bond donors (Lipinski definition) is 0. The highest BCUT2D eigenvalue weighted by Crippen LogP contribution is 2.27. The van der Waals surface area contributed by atoms with Gasteiger partial charge in [0.1, 0.15) is 17.8 Å². The summed E-state index contributed by atoms with van der Waals surface area (Å²) in [6.45, 7) is 5.29. The van der Waals surface area contributed by atoms with Crippen LogP contribution in [0.4, 0.5) is 0 Å². The molecule has 8 nitrogen and oxygen atoms in total. The Bertz CT molecular complexity index is 968. The van der Waals surface area contributed by atoms with Crippen molar-refractivity contribution in [2.75, 3.05) is 13.1 Å². The zero-order valence-electron chi connectivity index (χ0n) is 16.7. The van der Waals surface area contributed by atoms with Gasteiger partial charge in [0, 0.05) is 31.2 Å². The smallest absolute Gasteiger partial charge is 0.274 e. The lowest BCUT2D eigenvalue weighted by Gasteiger charge is -2.20. The van der Waals surface area contributed by atoms with E-state index in [1.807, 2.05) is 24.8 Å². The minimum Gasteiger partial charge on any atom is -0.361 e. The summed E-state index contributed by atoms with van der Waals surface area (Å²) in [6.07, 6.45) is 10.1. The van der Waals surface area contributed by atoms with Crippen molar-refractivity contribution < 1.29 is 9.32 Å². The molecule has 0 spiro atoms. The summed E-state index contributed by atoms with van der Waals surface area (Å²) in [5.41, 5.74) is 4.04. The van der Waals surface area contributed by atoms with E-state index < -0.39 is 0 Å². The SMILES string of the molecule is Cc1noc(C)c1-c1cc(C[C@H]2CCCN(C(=O)c3cnccn3)CC2)ncn1. The second-order valence-electron chi connectivity index (χ2n) is 7.48. The van der Waals surface area contributed by atoms with Crippen molar-refractivity contribution in [2.24, 2.45) is 5.92 Å². The van der Waals surface area contributed by atoms with Crippen molar-refractivity contribution in [3.63, 3.8) is 0 Å². The first kappa shape index (κ1) is 19.2. The topological polar surface area (TPSA) is 97.9 Å². The summed E-state index contributed by atoms with van der Waals surface area (Å²) in [4.78, 5) is 31.6. The highest BCUT2D eigenvalue weighted by molar-refractivity contribution is 5.91. The third kappa shape index (κ3) is 4.31. The first-order chi connectivity index (χ1) is 14.1. The van der Waals surface area contributed by atoms with E-state index in [2.05, 4.69) is 25.1 Å². The van der Waals surface area contributed by atoms with E-state index in [9.17, 15) is 4.79 Å². The summed E-state index contributed by atoms with van der Waals surface area (Å²) in [7, 11) is 0. The molecule has 4 rings (SSSR count). The summed E-state index contributed by atoms with van der Waals surface area (Å²) in [6, 6.07) is 2.03. The quantitative estimate of drug-likeness (QED) is 0.673. The molecular formula is C21H24N6O2. The van der Waals surface area contributed by atoms with E-state index in [1.54, 1.807) is 18.7 Å². The Kier molecular flexibility index (Phi) is 5.59.